The van der Waals surface area contributed by atoms with Crippen molar-refractivity contribution in [1.82, 2.24) is 0 Å². The molecule has 0 bridgehead atoms. The van der Waals surface area contributed by atoms with Crippen molar-refractivity contribution in [3.8, 4) is 5.75 Å². The molecule has 1 aromatic rings. The van der Waals surface area contributed by atoms with Gasteiger partial charge < -0.3 is 4.74 Å². The molecular weight excluding hydrogens is 196 g/mol. The van der Waals surface area contributed by atoms with E-state index in [1.54, 1.807) is 0 Å². The zero-order valence-electron chi connectivity index (χ0n) is 8.64. The number of rotatable bonds is 3. The zero-order chi connectivity index (χ0) is 10.2. The molecule has 1 aliphatic carbocycles. The Kier molecular flexibility index (Phi) is 2.44. The summed E-state index contributed by atoms with van der Waals surface area (Å²) in [5, 5.41) is 0. The van der Waals surface area contributed by atoms with Crippen molar-refractivity contribution < 1.29 is 4.74 Å². The molecule has 14 heavy (non-hydrogen) atoms. The molecule has 0 aliphatic heterocycles. The number of hydrogen-bond acceptors (Lipinski definition) is 1. The number of hydrogen-bond donors (Lipinski definition) is 0. The zero-order valence-corrected chi connectivity index (χ0v) is 9.40. The highest BCUT2D eigenvalue weighted by Gasteiger charge is 2.44. The van der Waals surface area contributed by atoms with Gasteiger partial charge in [0.25, 0.3) is 0 Å². The van der Waals surface area contributed by atoms with E-state index in [-0.39, 0.29) is 5.60 Å². The van der Waals surface area contributed by atoms with Crippen LogP contribution in [-0.2, 0) is 0 Å². The van der Waals surface area contributed by atoms with Crippen molar-refractivity contribution in [2.24, 2.45) is 0 Å². The molecule has 0 saturated heterocycles. The van der Waals surface area contributed by atoms with E-state index in [1.165, 1.54) is 11.1 Å². The predicted molar refractivity (Wildman–Crippen MR) is 59.2 cm³/mol. The highest BCUT2D eigenvalue weighted by Crippen LogP contribution is 2.42. The summed E-state index contributed by atoms with van der Waals surface area (Å²) in [7, 11) is 0. The van der Waals surface area contributed by atoms with Gasteiger partial charge in [-0.3, -0.25) is 0 Å². The maximum absolute atomic E-state index is 5.94. The average Bonchev–Trinajstić information content (AvgIpc) is 2.94. The van der Waals surface area contributed by atoms with Crippen LogP contribution in [0.1, 0.15) is 24.0 Å². The summed E-state index contributed by atoms with van der Waals surface area (Å²) in [6.45, 7) is 4.19. The maximum atomic E-state index is 5.94. The van der Waals surface area contributed by atoms with Crippen LogP contribution in [-0.4, -0.2) is 11.5 Å². The molecule has 1 aliphatic rings. The lowest BCUT2D eigenvalue weighted by molar-refractivity contribution is 0.202. The quantitative estimate of drug-likeness (QED) is 0.695. The summed E-state index contributed by atoms with van der Waals surface area (Å²) in [5.41, 5.74) is 2.44. The van der Waals surface area contributed by atoms with Gasteiger partial charge in [0, 0.05) is 0 Å². The summed E-state index contributed by atoms with van der Waals surface area (Å²) in [6.07, 6.45) is 2.17. The molecule has 0 N–H and O–H groups in total. The second-order valence-corrected chi connectivity index (χ2v) is 4.38. The standard InChI is InChI=1S/C12H15ClO/c1-9-4-3-5-11(10(9)2)14-12(8-13)6-7-12/h3-5H,6-8H2,1-2H3. The number of ether oxygens (including phenoxy) is 1. The lowest BCUT2D eigenvalue weighted by atomic mass is 10.1. The van der Waals surface area contributed by atoms with E-state index in [2.05, 4.69) is 19.9 Å². The third-order valence-corrected chi connectivity index (χ3v) is 3.42. The minimum Gasteiger partial charge on any atom is -0.486 e. The van der Waals surface area contributed by atoms with E-state index in [9.17, 15) is 0 Å². The van der Waals surface area contributed by atoms with Gasteiger partial charge >= 0.3 is 0 Å². The fraction of sp³-hybridized carbons (Fsp3) is 0.500. The summed E-state index contributed by atoms with van der Waals surface area (Å²) in [5.74, 6) is 1.59. The molecule has 1 aromatic carbocycles. The minimum atomic E-state index is -0.0554. The number of aryl methyl sites for hydroxylation is 1. The summed E-state index contributed by atoms with van der Waals surface area (Å²) in [6, 6.07) is 6.15. The molecule has 1 fully saturated rings. The normalized spacial score (nSPS) is 17.9. The van der Waals surface area contributed by atoms with Crippen molar-refractivity contribution in [2.75, 3.05) is 5.88 Å². The van der Waals surface area contributed by atoms with Crippen LogP contribution in [0.25, 0.3) is 0 Å². The Hall–Kier alpha value is -0.690. The van der Waals surface area contributed by atoms with E-state index < -0.39 is 0 Å². The lowest BCUT2D eigenvalue weighted by Gasteiger charge is -2.17. The second-order valence-electron chi connectivity index (χ2n) is 4.12. The van der Waals surface area contributed by atoms with Crippen LogP contribution in [0, 0.1) is 13.8 Å². The molecule has 2 heteroatoms. The first-order valence-corrected chi connectivity index (χ1v) is 5.51. The molecule has 0 unspecified atom stereocenters. The van der Waals surface area contributed by atoms with Crippen LogP contribution < -0.4 is 4.74 Å². The third kappa shape index (κ3) is 1.74. The van der Waals surface area contributed by atoms with Gasteiger partial charge in [-0.1, -0.05) is 12.1 Å². The number of alkyl halides is 1. The van der Waals surface area contributed by atoms with E-state index in [1.807, 2.05) is 12.1 Å². The molecule has 1 saturated carbocycles. The fourth-order valence-corrected chi connectivity index (χ4v) is 1.79. The largest absolute Gasteiger partial charge is 0.486 e. The Balaban J connectivity index is 2.21. The van der Waals surface area contributed by atoms with E-state index in [0.29, 0.717) is 5.88 Å². The highest BCUT2D eigenvalue weighted by molar-refractivity contribution is 6.18. The van der Waals surface area contributed by atoms with Crippen LogP contribution in [0.15, 0.2) is 18.2 Å². The van der Waals surface area contributed by atoms with Gasteiger partial charge in [0.2, 0.25) is 0 Å². The SMILES string of the molecule is Cc1cccc(OC2(CCl)CC2)c1C. The molecule has 0 aromatic heterocycles. The Morgan fingerprint density at radius 3 is 2.64 bits per heavy atom. The van der Waals surface area contributed by atoms with Crippen molar-refractivity contribution in [2.45, 2.75) is 32.3 Å². The van der Waals surface area contributed by atoms with Crippen LogP contribution >= 0.6 is 11.6 Å². The predicted octanol–water partition coefficient (Wildman–Crippen LogP) is 3.45. The van der Waals surface area contributed by atoms with Crippen molar-refractivity contribution >= 4 is 11.6 Å². The Labute approximate surface area is 90.0 Å². The summed E-state index contributed by atoms with van der Waals surface area (Å²) in [4.78, 5) is 0. The van der Waals surface area contributed by atoms with Crippen molar-refractivity contribution in [1.29, 1.82) is 0 Å². The minimum absolute atomic E-state index is 0.0554. The Morgan fingerprint density at radius 1 is 1.36 bits per heavy atom. The topological polar surface area (TPSA) is 9.23 Å². The molecular formula is C12H15ClO. The lowest BCUT2D eigenvalue weighted by Crippen LogP contribution is -2.20. The first kappa shape index (κ1) is 9.85. The molecule has 0 spiro atoms. The average molecular weight is 211 g/mol. The summed E-state index contributed by atoms with van der Waals surface area (Å²) < 4.78 is 5.94. The van der Waals surface area contributed by atoms with E-state index >= 15 is 0 Å². The van der Waals surface area contributed by atoms with Crippen LogP contribution in [0.2, 0.25) is 0 Å². The van der Waals surface area contributed by atoms with Crippen molar-refractivity contribution in [3.63, 3.8) is 0 Å². The molecule has 0 heterocycles. The van der Waals surface area contributed by atoms with Gasteiger partial charge in [-0.2, -0.15) is 0 Å². The highest BCUT2D eigenvalue weighted by atomic mass is 35.5. The van der Waals surface area contributed by atoms with E-state index in [4.69, 9.17) is 16.3 Å². The maximum Gasteiger partial charge on any atom is 0.123 e. The molecule has 0 radical (unpaired) electrons. The Morgan fingerprint density at radius 2 is 2.07 bits per heavy atom. The van der Waals surface area contributed by atoms with Gasteiger partial charge in [0.15, 0.2) is 0 Å². The fourth-order valence-electron chi connectivity index (χ4n) is 1.47. The van der Waals surface area contributed by atoms with Gasteiger partial charge in [-0.05, 0) is 43.9 Å². The molecule has 76 valence electrons. The monoisotopic (exact) mass is 210 g/mol. The smallest absolute Gasteiger partial charge is 0.123 e. The van der Waals surface area contributed by atoms with Crippen LogP contribution in [0.5, 0.6) is 5.75 Å². The van der Waals surface area contributed by atoms with Gasteiger partial charge in [-0.25, -0.2) is 0 Å². The van der Waals surface area contributed by atoms with Crippen LogP contribution in [0.3, 0.4) is 0 Å². The van der Waals surface area contributed by atoms with Gasteiger partial charge in [-0.15, -0.1) is 11.6 Å². The molecule has 0 amide bonds. The van der Waals surface area contributed by atoms with E-state index in [0.717, 1.165) is 18.6 Å². The third-order valence-electron chi connectivity index (χ3n) is 2.93. The number of halogens is 1. The van der Waals surface area contributed by atoms with Crippen LogP contribution in [0.4, 0.5) is 0 Å². The summed E-state index contributed by atoms with van der Waals surface area (Å²) >= 11 is 5.87. The molecule has 0 atom stereocenters. The number of benzene rings is 1. The second kappa shape index (κ2) is 3.47. The van der Waals surface area contributed by atoms with Gasteiger partial charge in [0.1, 0.15) is 11.4 Å². The first-order chi connectivity index (χ1) is 6.67. The van der Waals surface area contributed by atoms with Gasteiger partial charge in [0.05, 0.1) is 5.88 Å². The Bertz CT molecular complexity index is 342. The molecule has 1 nitrogen and oxygen atoms in total. The van der Waals surface area contributed by atoms with Crippen molar-refractivity contribution in [3.05, 3.63) is 29.3 Å². The first-order valence-electron chi connectivity index (χ1n) is 4.98. The molecule has 2 rings (SSSR count).